The highest BCUT2D eigenvalue weighted by Crippen LogP contribution is 2.13. The minimum Gasteiger partial charge on any atom is -0.252 e. The van der Waals surface area contributed by atoms with E-state index in [-0.39, 0.29) is 1.43 Å². The van der Waals surface area contributed by atoms with Crippen LogP contribution in [0.15, 0.2) is 0 Å². The molecule has 1 aliphatic rings. The van der Waals surface area contributed by atoms with Gasteiger partial charge in [-0.1, -0.05) is 27.7 Å². The lowest BCUT2D eigenvalue weighted by Crippen LogP contribution is -2.51. The molecule has 0 spiro atoms. The van der Waals surface area contributed by atoms with Gasteiger partial charge in [0.15, 0.2) is 0 Å². The third kappa shape index (κ3) is 3.55. The first-order valence-corrected chi connectivity index (χ1v) is 5.25. The Morgan fingerprint density at radius 2 is 2.00 bits per heavy atom. The van der Waals surface area contributed by atoms with E-state index >= 15 is 0 Å². The topological polar surface area (TPSA) is 15.3 Å². The molecule has 2 nitrogen and oxygen atoms in total. The average Bonchev–Trinajstić information content (AvgIpc) is 2.13. The van der Waals surface area contributed by atoms with Crippen LogP contribution in [0.3, 0.4) is 0 Å². The molecule has 1 saturated heterocycles. The molecule has 12 heavy (non-hydrogen) atoms. The Kier molecular flexibility index (Phi) is 6.39. The molecule has 0 aromatic rings. The van der Waals surface area contributed by atoms with E-state index in [9.17, 15) is 0 Å². The lowest BCUT2D eigenvalue weighted by Gasteiger charge is -2.35. The fourth-order valence-corrected chi connectivity index (χ4v) is 1.34. The maximum atomic E-state index is 3.45. The summed E-state index contributed by atoms with van der Waals surface area (Å²) < 4.78 is 0. The van der Waals surface area contributed by atoms with E-state index in [2.05, 4.69) is 31.2 Å². The molecule has 0 unspecified atom stereocenters. The first-order chi connectivity index (χ1) is 5.74. The summed E-state index contributed by atoms with van der Waals surface area (Å²) in [5, 5.41) is 2.30. The van der Waals surface area contributed by atoms with Gasteiger partial charge in [-0.2, -0.15) is 0 Å². The number of nitrogens with one attached hydrogen (secondary N) is 1. The summed E-state index contributed by atoms with van der Waals surface area (Å²) in [5.74, 6) is 0.836. The molecular weight excluding hydrogens is 148 g/mol. The Bertz CT molecular complexity index is 109. The van der Waals surface area contributed by atoms with E-state index in [1.54, 1.807) is 0 Å². The van der Waals surface area contributed by atoms with Crippen LogP contribution >= 0.6 is 0 Å². The van der Waals surface area contributed by atoms with Crippen molar-refractivity contribution < 1.29 is 1.43 Å². The molecule has 0 aliphatic carbocycles. The van der Waals surface area contributed by atoms with Crippen LogP contribution in [0.1, 0.15) is 42.5 Å². The van der Waals surface area contributed by atoms with Crippen LogP contribution in [-0.4, -0.2) is 24.1 Å². The van der Waals surface area contributed by atoms with Crippen LogP contribution < -0.4 is 5.43 Å². The highest BCUT2D eigenvalue weighted by Gasteiger charge is 2.20. The monoisotopic (exact) mass is 174 g/mol. The van der Waals surface area contributed by atoms with Gasteiger partial charge in [-0.3, -0.25) is 5.43 Å². The summed E-state index contributed by atoms with van der Waals surface area (Å²) in [6.45, 7) is 13.1. The third-order valence-electron chi connectivity index (χ3n) is 2.48. The molecule has 1 fully saturated rings. The first-order valence-electron chi connectivity index (χ1n) is 5.25. The maximum Gasteiger partial charge on any atom is 0.0213 e. The van der Waals surface area contributed by atoms with Gasteiger partial charge in [-0.05, 0) is 19.3 Å². The second-order valence-electron chi connectivity index (χ2n) is 3.26. The lowest BCUT2D eigenvalue weighted by atomic mass is 9.98. The van der Waals surface area contributed by atoms with Crippen LogP contribution in [-0.2, 0) is 0 Å². The molecule has 1 N–H and O–H groups in total. The molecule has 0 aromatic carbocycles. The van der Waals surface area contributed by atoms with Crippen LogP contribution in [0.2, 0.25) is 0 Å². The van der Waals surface area contributed by atoms with Crippen molar-refractivity contribution in [2.75, 3.05) is 13.1 Å². The van der Waals surface area contributed by atoms with Crippen LogP contribution in [0.25, 0.3) is 0 Å². The van der Waals surface area contributed by atoms with Gasteiger partial charge >= 0.3 is 0 Å². The van der Waals surface area contributed by atoms with Crippen molar-refractivity contribution in [3.8, 4) is 0 Å². The minimum absolute atomic E-state index is 0. The Labute approximate surface area is 78.8 Å². The Morgan fingerprint density at radius 3 is 2.42 bits per heavy atom. The average molecular weight is 174 g/mol. The van der Waals surface area contributed by atoms with Crippen molar-refractivity contribution in [3.63, 3.8) is 0 Å². The van der Waals surface area contributed by atoms with Crippen LogP contribution in [0, 0.1) is 5.92 Å². The fourth-order valence-electron chi connectivity index (χ4n) is 1.34. The molecule has 1 heterocycles. The van der Waals surface area contributed by atoms with Gasteiger partial charge in [0.2, 0.25) is 0 Å². The molecule has 0 bridgehead atoms. The summed E-state index contributed by atoms with van der Waals surface area (Å²) >= 11 is 0. The smallest absolute Gasteiger partial charge is 0.0213 e. The van der Waals surface area contributed by atoms with E-state index in [1.807, 2.05) is 13.8 Å². The normalized spacial score (nSPS) is 30.8. The number of hydrazine groups is 1. The zero-order chi connectivity index (χ0) is 9.56. The van der Waals surface area contributed by atoms with Gasteiger partial charge in [0, 0.05) is 20.6 Å². The van der Waals surface area contributed by atoms with Crippen LogP contribution in [0.4, 0.5) is 0 Å². The van der Waals surface area contributed by atoms with Gasteiger partial charge in [0.1, 0.15) is 0 Å². The Morgan fingerprint density at radius 1 is 1.42 bits per heavy atom. The highest BCUT2D eigenvalue weighted by atomic mass is 15.5. The van der Waals surface area contributed by atoms with E-state index in [4.69, 9.17) is 0 Å². The van der Waals surface area contributed by atoms with Gasteiger partial charge in [-0.15, -0.1) is 0 Å². The number of nitrogens with zero attached hydrogens (tertiary/aromatic N) is 1. The summed E-state index contributed by atoms with van der Waals surface area (Å²) in [4.78, 5) is 0. The van der Waals surface area contributed by atoms with Gasteiger partial charge in [0.05, 0.1) is 0 Å². The van der Waals surface area contributed by atoms with Crippen molar-refractivity contribution in [2.45, 2.75) is 47.1 Å². The van der Waals surface area contributed by atoms with Crippen molar-refractivity contribution in [1.82, 2.24) is 10.4 Å². The fraction of sp³-hybridized carbons (Fsp3) is 1.00. The number of hydrogen-bond donors (Lipinski definition) is 1. The van der Waals surface area contributed by atoms with Gasteiger partial charge in [-0.25, -0.2) is 5.01 Å². The van der Waals surface area contributed by atoms with E-state index < -0.39 is 0 Å². The van der Waals surface area contributed by atoms with E-state index in [1.165, 1.54) is 13.0 Å². The predicted octanol–water partition coefficient (Wildman–Crippen LogP) is 2.51. The van der Waals surface area contributed by atoms with Crippen molar-refractivity contribution in [2.24, 2.45) is 5.92 Å². The molecular formula is C10H26N2. The van der Waals surface area contributed by atoms with Gasteiger partial charge in [0.25, 0.3) is 0 Å². The zero-order valence-corrected chi connectivity index (χ0v) is 9.22. The molecule has 0 aromatic heterocycles. The van der Waals surface area contributed by atoms with Crippen LogP contribution in [0.5, 0.6) is 0 Å². The number of hydrogen-bond acceptors (Lipinski definition) is 2. The zero-order valence-electron chi connectivity index (χ0n) is 9.22. The molecule has 2 atom stereocenters. The molecule has 2 heteroatoms. The van der Waals surface area contributed by atoms with E-state index in [0.29, 0.717) is 6.04 Å². The molecule has 1 rings (SSSR count). The second kappa shape index (κ2) is 6.44. The summed E-state index contributed by atoms with van der Waals surface area (Å²) in [5.41, 5.74) is 3.45. The maximum absolute atomic E-state index is 3.45. The van der Waals surface area contributed by atoms with Crippen molar-refractivity contribution in [3.05, 3.63) is 0 Å². The highest BCUT2D eigenvalue weighted by molar-refractivity contribution is 4.73. The molecule has 1 aliphatic heterocycles. The largest absolute Gasteiger partial charge is 0.252 e. The standard InChI is InChI=1S/C8H18N2.C2H6.H2/c1-4-10-6-5-7(2)8(3)9-10;1-2;/h7-9H,4-6H2,1-3H3;1-2H3;1H/t7-,8+;;/m1../s1. The predicted molar refractivity (Wildman–Crippen MR) is 57.1 cm³/mol. The molecule has 0 radical (unpaired) electrons. The van der Waals surface area contributed by atoms with Crippen molar-refractivity contribution in [1.29, 1.82) is 0 Å². The SMILES string of the molecule is CC.CCN1CC[C@@H](C)[C@H](C)N1.[HH]. The summed E-state index contributed by atoms with van der Waals surface area (Å²) in [6, 6.07) is 0.661. The second-order valence-corrected chi connectivity index (χ2v) is 3.26. The number of rotatable bonds is 1. The summed E-state index contributed by atoms with van der Waals surface area (Å²) in [7, 11) is 0. The van der Waals surface area contributed by atoms with Crippen molar-refractivity contribution >= 4 is 0 Å². The lowest BCUT2D eigenvalue weighted by molar-refractivity contribution is 0.0925. The molecule has 0 amide bonds. The molecule has 76 valence electrons. The minimum atomic E-state index is 0. The first kappa shape index (κ1) is 11.9. The Balaban J connectivity index is 0. The molecule has 0 saturated carbocycles. The third-order valence-corrected chi connectivity index (χ3v) is 2.48. The van der Waals surface area contributed by atoms with Gasteiger partial charge < -0.3 is 0 Å². The summed E-state index contributed by atoms with van der Waals surface area (Å²) in [6.07, 6.45) is 1.34. The quantitative estimate of drug-likeness (QED) is 0.657. The Hall–Kier alpha value is -0.0800. The van der Waals surface area contributed by atoms with E-state index in [0.717, 1.165) is 12.5 Å².